The maximum absolute atomic E-state index is 14.0. The molecule has 7 nitrogen and oxygen atoms in total. The van der Waals surface area contributed by atoms with Crippen LogP contribution in [0.25, 0.3) is 16.9 Å². The van der Waals surface area contributed by atoms with Crippen LogP contribution in [0, 0.1) is 11.6 Å². The number of methoxy groups -OCH3 is 1. The smallest absolute Gasteiger partial charge is 0.337 e. The summed E-state index contributed by atoms with van der Waals surface area (Å²) in [6.07, 6.45) is 1.64. The zero-order valence-corrected chi connectivity index (χ0v) is 16.6. The lowest BCUT2D eigenvalue weighted by atomic mass is 9.94. The second-order valence-corrected chi connectivity index (χ2v) is 6.90. The summed E-state index contributed by atoms with van der Waals surface area (Å²) in [5.74, 6) is -2.67. The minimum atomic E-state index is -1.04. The van der Waals surface area contributed by atoms with Gasteiger partial charge in [-0.2, -0.15) is 5.10 Å². The van der Waals surface area contributed by atoms with Crippen molar-refractivity contribution in [3.05, 3.63) is 83.2 Å². The van der Waals surface area contributed by atoms with E-state index in [1.54, 1.807) is 17.8 Å². The molecule has 4 rings (SSSR count). The summed E-state index contributed by atoms with van der Waals surface area (Å²) in [6.45, 7) is 1.58. The van der Waals surface area contributed by atoms with Crippen molar-refractivity contribution >= 4 is 12.0 Å². The number of amides is 2. The molecule has 0 spiro atoms. The molecule has 2 aromatic carbocycles. The lowest BCUT2D eigenvalue weighted by molar-refractivity contribution is -0.136. The number of hydrogen-bond donors (Lipinski definition) is 2. The maximum Gasteiger partial charge on any atom is 0.337 e. The zero-order chi connectivity index (χ0) is 22.1. The predicted octanol–water partition coefficient (Wildman–Crippen LogP) is 3.62. The second-order valence-electron chi connectivity index (χ2n) is 6.90. The topological polar surface area (TPSA) is 85.2 Å². The van der Waals surface area contributed by atoms with Crippen molar-refractivity contribution in [1.29, 1.82) is 0 Å². The van der Waals surface area contributed by atoms with Crippen LogP contribution in [0.4, 0.5) is 13.6 Å². The Labute approximate surface area is 176 Å². The SMILES string of the molecule is COC(=O)C1=C(C)NC(=O)NC1c1cn(-c2ccccc2)nc1-c1ccc(F)c(F)c1. The summed E-state index contributed by atoms with van der Waals surface area (Å²) >= 11 is 0. The molecule has 2 N–H and O–H groups in total. The molecule has 0 saturated carbocycles. The van der Waals surface area contributed by atoms with Crippen LogP contribution >= 0.6 is 0 Å². The van der Waals surface area contributed by atoms with Gasteiger partial charge in [0.1, 0.15) is 0 Å². The van der Waals surface area contributed by atoms with Gasteiger partial charge in [-0.25, -0.2) is 23.1 Å². The van der Waals surface area contributed by atoms with Crippen LogP contribution in [0.15, 0.2) is 66.0 Å². The van der Waals surface area contributed by atoms with E-state index in [4.69, 9.17) is 4.74 Å². The molecule has 158 valence electrons. The van der Waals surface area contributed by atoms with Gasteiger partial charge in [0.25, 0.3) is 0 Å². The molecule has 1 atom stereocenters. The molecule has 0 radical (unpaired) electrons. The number of esters is 1. The molecule has 0 fully saturated rings. The van der Waals surface area contributed by atoms with E-state index >= 15 is 0 Å². The van der Waals surface area contributed by atoms with Crippen molar-refractivity contribution in [3.8, 4) is 16.9 Å². The minimum absolute atomic E-state index is 0.179. The van der Waals surface area contributed by atoms with Crippen molar-refractivity contribution in [1.82, 2.24) is 20.4 Å². The highest BCUT2D eigenvalue weighted by atomic mass is 19.2. The summed E-state index contributed by atoms with van der Waals surface area (Å²) in [4.78, 5) is 24.7. The Balaban J connectivity index is 1.94. The summed E-state index contributed by atoms with van der Waals surface area (Å²) in [6, 6.07) is 11.1. The number of rotatable bonds is 4. The summed E-state index contributed by atoms with van der Waals surface area (Å²) in [7, 11) is 1.24. The van der Waals surface area contributed by atoms with E-state index in [0.717, 1.165) is 12.1 Å². The van der Waals surface area contributed by atoms with Gasteiger partial charge in [-0.1, -0.05) is 18.2 Å². The molecule has 1 aliphatic heterocycles. The Hall–Kier alpha value is -4.01. The molecule has 0 aliphatic carbocycles. The lowest BCUT2D eigenvalue weighted by Gasteiger charge is -2.27. The van der Waals surface area contributed by atoms with E-state index in [-0.39, 0.29) is 11.3 Å². The van der Waals surface area contributed by atoms with E-state index in [9.17, 15) is 18.4 Å². The third-order valence-electron chi connectivity index (χ3n) is 4.94. The third-order valence-corrected chi connectivity index (χ3v) is 4.94. The van der Waals surface area contributed by atoms with Gasteiger partial charge in [0, 0.05) is 23.0 Å². The number of urea groups is 1. The van der Waals surface area contributed by atoms with Gasteiger partial charge in [-0.15, -0.1) is 0 Å². The monoisotopic (exact) mass is 424 g/mol. The Bertz CT molecular complexity index is 1200. The zero-order valence-electron chi connectivity index (χ0n) is 16.6. The number of aromatic nitrogens is 2. The van der Waals surface area contributed by atoms with Gasteiger partial charge in [0.2, 0.25) is 0 Å². The highest BCUT2D eigenvalue weighted by Crippen LogP contribution is 2.35. The van der Waals surface area contributed by atoms with Crippen LogP contribution in [0.3, 0.4) is 0 Å². The van der Waals surface area contributed by atoms with Crippen molar-refractivity contribution in [2.24, 2.45) is 0 Å². The Morgan fingerprint density at radius 3 is 2.55 bits per heavy atom. The molecule has 0 saturated heterocycles. The Morgan fingerprint density at radius 1 is 1.13 bits per heavy atom. The Kier molecular flexibility index (Phi) is 5.24. The molecule has 1 aliphatic rings. The molecule has 9 heteroatoms. The number of allylic oxidation sites excluding steroid dienone is 1. The van der Waals surface area contributed by atoms with E-state index in [2.05, 4.69) is 15.7 Å². The summed E-state index contributed by atoms with van der Waals surface area (Å²) in [5.41, 5.74) is 2.20. The van der Waals surface area contributed by atoms with Gasteiger partial charge < -0.3 is 15.4 Å². The van der Waals surface area contributed by atoms with Gasteiger partial charge in [0.15, 0.2) is 11.6 Å². The van der Waals surface area contributed by atoms with Crippen molar-refractivity contribution in [2.75, 3.05) is 7.11 Å². The highest BCUT2D eigenvalue weighted by molar-refractivity contribution is 5.95. The fraction of sp³-hybridized carbons (Fsp3) is 0.136. The van der Waals surface area contributed by atoms with Crippen LogP contribution in [-0.2, 0) is 9.53 Å². The van der Waals surface area contributed by atoms with Crippen molar-refractivity contribution in [2.45, 2.75) is 13.0 Å². The quantitative estimate of drug-likeness (QED) is 0.627. The van der Waals surface area contributed by atoms with Gasteiger partial charge in [-0.05, 0) is 37.3 Å². The standard InChI is InChI=1S/C22H18F2N4O3/c1-12-18(21(29)31-2)20(26-22(30)25-12)15-11-28(14-6-4-3-5-7-14)27-19(15)13-8-9-16(23)17(24)10-13/h3-11,20H,1-2H3,(H2,25,26,30). The number of halogens is 2. The van der Waals surface area contributed by atoms with E-state index in [0.29, 0.717) is 22.5 Å². The molecule has 0 bridgehead atoms. The number of nitrogens with one attached hydrogen (secondary N) is 2. The first-order valence-electron chi connectivity index (χ1n) is 9.36. The average Bonchev–Trinajstić information content (AvgIpc) is 3.20. The lowest BCUT2D eigenvalue weighted by Crippen LogP contribution is -2.45. The number of nitrogens with zero attached hydrogens (tertiary/aromatic N) is 2. The van der Waals surface area contributed by atoms with Crippen LogP contribution in [0.2, 0.25) is 0 Å². The number of carbonyl (C=O) groups is 2. The van der Waals surface area contributed by atoms with Crippen LogP contribution in [0.5, 0.6) is 0 Å². The Morgan fingerprint density at radius 2 is 1.87 bits per heavy atom. The first-order valence-corrected chi connectivity index (χ1v) is 9.36. The normalized spacial score (nSPS) is 16.0. The largest absolute Gasteiger partial charge is 0.466 e. The first-order chi connectivity index (χ1) is 14.9. The molecule has 1 unspecified atom stereocenters. The first kappa shape index (κ1) is 20.3. The second kappa shape index (κ2) is 8.02. The molecule has 31 heavy (non-hydrogen) atoms. The third kappa shape index (κ3) is 3.77. The van der Waals surface area contributed by atoms with Crippen molar-refractivity contribution < 1.29 is 23.1 Å². The molecular formula is C22H18F2N4O3. The fourth-order valence-corrected chi connectivity index (χ4v) is 3.49. The molecule has 3 aromatic rings. The van der Waals surface area contributed by atoms with E-state index in [1.807, 2.05) is 30.3 Å². The number of carbonyl (C=O) groups excluding carboxylic acids is 2. The summed E-state index contributed by atoms with van der Waals surface area (Å²) < 4.78 is 33.9. The maximum atomic E-state index is 14.0. The fourth-order valence-electron chi connectivity index (χ4n) is 3.49. The molecule has 2 heterocycles. The van der Waals surface area contributed by atoms with Gasteiger partial charge in [0.05, 0.1) is 30.1 Å². The number of benzene rings is 2. The van der Waals surface area contributed by atoms with Crippen LogP contribution in [-0.4, -0.2) is 28.9 Å². The van der Waals surface area contributed by atoms with Gasteiger partial charge in [-0.3, -0.25) is 0 Å². The molecular weight excluding hydrogens is 406 g/mol. The van der Waals surface area contributed by atoms with Crippen molar-refractivity contribution in [3.63, 3.8) is 0 Å². The highest BCUT2D eigenvalue weighted by Gasteiger charge is 2.35. The van der Waals surface area contributed by atoms with Crippen LogP contribution in [0.1, 0.15) is 18.5 Å². The molecule has 2 amide bonds. The average molecular weight is 424 g/mol. The molecule has 1 aromatic heterocycles. The van der Waals surface area contributed by atoms with Gasteiger partial charge >= 0.3 is 12.0 Å². The number of hydrogen-bond acceptors (Lipinski definition) is 4. The number of ether oxygens (including phenoxy) is 1. The summed E-state index contributed by atoms with van der Waals surface area (Å²) in [5, 5.41) is 9.80. The predicted molar refractivity (Wildman–Crippen MR) is 108 cm³/mol. The van der Waals surface area contributed by atoms with E-state index in [1.165, 1.54) is 13.2 Å². The van der Waals surface area contributed by atoms with Crippen LogP contribution < -0.4 is 10.6 Å². The minimum Gasteiger partial charge on any atom is -0.466 e. The van der Waals surface area contributed by atoms with E-state index < -0.39 is 29.7 Å². The number of para-hydroxylation sites is 1.